The van der Waals surface area contributed by atoms with Crippen LogP contribution in [0.15, 0.2) is 12.3 Å². The molecule has 2 rings (SSSR count). The summed E-state index contributed by atoms with van der Waals surface area (Å²) in [5.41, 5.74) is 1.20. The molecule has 1 aromatic rings. The molecule has 1 aromatic heterocycles. The Morgan fingerprint density at radius 1 is 1.58 bits per heavy atom. The van der Waals surface area contributed by atoms with Gasteiger partial charge in [0.1, 0.15) is 0 Å². The van der Waals surface area contributed by atoms with Crippen molar-refractivity contribution in [1.82, 2.24) is 10.3 Å². The van der Waals surface area contributed by atoms with Crippen LogP contribution >= 0.6 is 11.6 Å². The monoisotopic (exact) mass is 281 g/mol. The second-order valence-electron chi connectivity index (χ2n) is 5.49. The van der Waals surface area contributed by atoms with Crippen LogP contribution < -0.4 is 10.6 Å². The Morgan fingerprint density at radius 2 is 2.32 bits per heavy atom. The molecule has 0 aliphatic carbocycles. The zero-order valence-electron chi connectivity index (χ0n) is 11.6. The van der Waals surface area contributed by atoms with Gasteiger partial charge in [0.15, 0.2) is 5.15 Å². The predicted molar refractivity (Wildman–Crippen MR) is 77.4 cm³/mol. The molecule has 2 heterocycles. The van der Waals surface area contributed by atoms with Crippen LogP contribution in [-0.4, -0.2) is 24.0 Å². The number of rotatable bonds is 3. The van der Waals surface area contributed by atoms with Gasteiger partial charge in [-0.3, -0.25) is 4.79 Å². The molecule has 104 valence electrons. The first-order chi connectivity index (χ1) is 8.97. The fourth-order valence-corrected chi connectivity index (χ4v) is 2.83. The first kappa shape index (κ1) is 14.3. The number of carbonyl (C=O) groups is 1. The lowest BCUT2D eigenvalue weighted by Gasteiger charge is -2.31. The SMILES string of the molecule is Cc1ccnc(Cl)c1NC(=O)C1(C(C)C)CCNC1. The van der Waals surface area contributed by atoms with Crippen LogP contribution in [0, 0.1) is 18.3 Å². The van der Waals surface area contributed by atoms with E-state index in [2.05, 4.69) is 29.5 Å². The van der Waals surface area contributed by atoms with E-state index in [1.165, 1.54) is 0 Å². The number of amides is 1. The van der Waals surface area contributed by atoms with E-state index in [-0.39, 0.29) is 17.2 Å². The number of halogens is 1. The number of carbonyl (C=O) groups excluding carboxylic acids is 1. The van der Waals surface area contributed by atoms with Gasteiger partial charge in [0.05, 0.1) is 11.1 Å². The first-order valence-corrected chi connectivity index (χ1v) is 6.98. The zero-order valence-corrected chi connectivity index (χ0v) is 12.3. The van der Waals surface area contributed by atoms with E-state index >= 15 is 0 Å². The van der Waals surface area contributed by atoms with Crippen LogP contribution in [0.1, 0.15) is 25.8 Å². The van der Waals surface area contributed by atoms with E-state index in [0.29, 0.717) is 17.4 Å². The topological polar surface area (TPSA) is 54.0 Å². The molecule has 0 aromatic carbocycles. The fraction of sp³-hybridized carbons (Fsp3) is 0.571. The van der Waals surface area contributed by atoms with E-state index in [9.17, 15) is 4.79 Å². The Balaban J connectivity index is 2.25. The lowest BCUT2D eigenvalue weighted by molar-refractivity contribution is -0.126. The van der Waals surface area contributed by atoms with Gasteiger partial charge in [-0.2, -0.15) is 0 Å². The van der Waals surface area contributed by atoms with Gasteiger partial charge in [0.25, 0.3) is 0 Å². The lowest BCUT2D eigenvalue weighted by Crippen LogP contribution is -2.42. The Morgan fingerprint density at radius 3 is 2.84 bits per heavy atom. The lowest BCUT2D eigenvalue weighted by atomic mass is 9.75. The van der Waals surface area contributed by atoms with Crippen LogP contribution in [0.3, 0.4) is 0 Å². The van der Waals surface area contributed by atoms with Crippen LogP contribution in [0.25, 0.3) is 0 Å². The van der Waals surface area contributed by atoms with E-state index in [4.69, 9.17) is 11.6 Å². The highest BCUT2D eigenvalue weighted by Crippen LogP contribution is 2.36. The number of pyridine rings is 1. The largest absolute Gasteiger partial charge is 0.323 e. The third kappa shape index (κ3) is 2.60. The molecule has 5 heteroatoms. The maximum atomic E-state index is 12.6. The predicted octanol–water partition coefficient (Wildman–Crippen LogP) is 2.62. The van der Waals surface area contributed by atoms with Crippen molar-refractivity contribution >= 4 is 23.2 Å². The number of hydrogen-bond acceptors (Lipinski definition) is 3. The van der Waals surface area contributed by atoms with Crippen molar-refractivity contribution in [3.63, 3.8) is 0 Å². The van der Waals surface area contributed by atoms with Crippen LogP contribution in [0.2, 0.25) is 5.15 Å². The molecule has 19 heavy (non-hydrogen) atoms. The van der Waals surface area contributed by atoms with Crippen molar-refractivity contribution < 1.29 is 4.79 Å². The van der Waals surface area contributed by atoms with Crippen molar-refractivity contribution in [3.05, 3.63) is 23.0 Å². The number of nitrogens with one attached hydrogen (secondary N) is 2. The van der Waals surface area contributed by atoms with Gasteiger partial charge in [0.2, 0.25) is 5.91 Å². The van der Waals surface area contributed by atoms with Crippen LogP contribution in [0.5, 0.6) is 0 Å². The van der Waals surface area contributed by atoms with Crippen molar-refractivity contribution in [3.8, 4) is 0 Å². The number of aromatic nitrogens is 1. The molecule has 0 spiro atoms. The summed E-state index contributed by atoms with van der Waals surface area (Å²) in [6.45, 7) is 7.69. The molecule has 4 nitrogen and oxygen atoms in total. The second-order valence-corrected chi connectivity index (χ2v) is 5.84. The number of anilines is 1. The first-order valence-electron chi connectivity index (χ1n) is 6.60. The van der Waals surface area contributed by atoms with Crippen LogP contribution in [0.4, 0.5) is 5.69 Å². The molecule has 1 atom stereocenters. The Bertz CT molecular complexity index is 461. The minimum atomic E-state index is -0.356. The van der Waals surface area contributed by atoms with Crippen molar-refractivity contribution in [2.75, 3.05) is 18.4 Å². The average Bonchev–Trinajstić information content (AvgIpc) is 2.84. The maximum Gasteiger partial charge on any atom is 0.232 e. The van der Waals surface area contributed by atoms with Crippen molar-refractivity contribution in [2.24, 2.45) is 11.3 Å². The molecule has 1 unspecified atom stereocenters. The highest BCUT2D eigenvalue weighted by atomic mass is 35.5. The third-order valence-electron chi connectivity index (χ3n) is 4.10. The molecule has 0 radical (unpaired) electrons. The highest BCUT2D eigenvalue weighted by molar-refractivity contribution is 6.32. The molecule has 0 saturated carbocycles. The normalized spacial score (nSPS) is 22.8. The summed E-state index contributed by atoms with van der Waals surface area (Å²) in [6.07, 6.45) is 2.50. The Hall–Kier alpha value is -1.13. The van der Waals surface area contributed by atoms with Gasteiger partial charge >= 0.3 is 0 Å². The van der Waals surface area contributed by atoms with Gasteiger partial charge in [-0.25, -0.2) is 4.98 Å². The van der Waals surface area contributed by atoms with Gasteiger partial charge in [-0.1, -0.05) is 25.4 Å². The van der Waals surface area contributed by atoms with E-state index in [0.717, 1.165) is 18.5 Å². The minimum Gasteiger partial charge on any atom is -0.323 e. The van der Waals surface area contributed by atoms with Gasteiger partial charge in [0, 0.05) is 12.7 Å². The third-order valence-corrected chi connectivity index (χ3v) is 4.38. The molecule has 1 fully saturated rings. The summed E-state index contributed by atoms with van der Waals surface area (Å²) in [6, 6.07) is 1.84. The van der Waals surface area contributed by atoms with Crippen LogP contribution in [-0.2, 0) is 4.79 Å². The average molecular weight is 282 g/mol. The summed E-state index contributed by atoms with van der Waals surface area (Å²) in [5.74, 6) is 0.309. The number of nitrogens with zero attached hydrogens (tertiary/aromatic N) is 1. The molecule has 1 amide bonds. The quantitative estimate of drug-likeness (QED) is 0.838. The minimum absolute atomic E-state index is 0.0329. The summed E-state index contributed by atoms with van der Waals surface area (Å²) in [4.78, 5) is 16.7. The van der Waals surface area contributed by atoms with Gasteiger partial charge < -0.3 is 10.6 Å². The van der Waals surface area contributed by atoms with Gasteiger partial charge in [-0.15, -0.1) is 0 Å². The van der Waals surface area contributed by atoms with Gasteiger partial charge in [-0.05, 0) is 37.4 Å². The van der Waals surface area contributed by atoms with E-state index in [1.54, 1.807) is 6.20 Å². The van der Waals surface area contributed by atoms with Crippen molar-refractivity contribution in [1.29, 1.82) is 0 Å². The molecular weight excluding hydrogens is 262 g/mol. The molecular formula is C14H20ClN3O. The molecule has 2 N–H and O–H groups in total. The summed E-state index contributed by atoms with van der Waals surface area (Å²) in [5, 5.41) is 6.60. The maximum absolute atomic E-state index is 12.6. The molecule has 1 saturated heterocycles. The second kappa shape index (κ2) is 5.47. The highest BCUT2D eigenvalue weighted by Gasteiger charge is 2.44. The summed E-state index contributed by atoms with van der Waals surface area (Å²) in [7, 11) is 0. The fourth-order valence-electron chi connectivity index (χ4n) is 2.57. The van der Waals surface area contributed by atoms with E-state index < -0.39 is 0 Å². The van der Waals surface area contributed by atoms with E-state index in [1.807, 2.05) is 13.0 Å². The molecule has 1 aliphatic heterocycles. The molecule has 1 aliphatic rings. The Labute approximate surface area is 118 Å². The summed E-state index contributed by atoms with van der Waals surface area (Å²) < 4.78 is 0. The smallest absolute Gasteiger partial charge is 0.232 e. The van der Waals surface area contributed by atoms with Crippen molar-refractivity contribution in [2.45, 2.75) is 27.2 Å². The zero-order chi connectivity index (χ0) is 14.0. The molecule has 0 bridgehead atoms. The summed E-state index contributed by atoms with van der Waals surface area (Å²) >= 11 is 6.06. The number of aryl methyl sites for hydroxylation is 1. The standard InChI is InChI=1S/C14H20ClN3O/c1-9(2)14(5-7-16-8-14)13(19)18-11-10(3)4-6-17-12(11)15/h4,6,9,16H,5,7-8H2,1-3H3,(H,18,19). The Kier molecular flexibility index (Phi) is 4.11. The number of hydrogen-bond donors (Lipinski definition) is 2.